The van der Waals surface area contributed by atoms with Gasteiger partial charge in [0.2, 0.25) is 5.89 Å². The van der Waals surface area contributed by atoms with E-state index in [0.717, 1.165) is 24.2 Å². The fourth-order valence-corrected chi connectivity index (χ4v) is 4.74. The van der Waals surface area contributed by atoms with Gasteiger partial charge in [-0.1, -0.05) is 48.0 Å². The summed E-state index contributed by atoms with van der Waals surface area (Å²) in [4.78, 5) is 34.2. The highest BCUT2D eigenvalue weighted by Crippen LogP contribution is 2.32. The van der Waals surface area contributed by atoms with Crippen molar-refractivity contribution in [3.63, 3.8) is 0 Å². The molecule has 0 saturated carbocycles. The molecule has 0 atom stereocenters. The maximum atomic E-state index is 12.9. The lowest BCUT2D eigenvalue weighted by molar-refractivity contribution is 0.0139. The number of ether oxygens (including phenoxy) is 1. The van der Waals surface area contributed by atoms with Crippen molar-refractivity contribution in [2.75, 3.05) is 31.5 Å². The van der Waals surface area contributed by atoms with Crippen LogP contribution in [-0.2, 0) is 11.3 Å². The van der Waals surface area contributed by atoms with Crippen LogP contribution in [0.25, 0.3) is 22.6 Å². The lowest BCUT2D eigenvalue weighted by Crippen LogP contribution is -2.49. The maximum absolute atomic E-state index is 12.9. The third-order valence-electron chi connectivity index (χ3n) is 6.44. The molecular weight excluding hydrogens is 516 g/mol. The minimum Gasteiger partial charge on any atom is -0.444 e. The maximum Gasteiger partial charge on any atom is 0.410 e. The molecule has 1 aromatic heterocycles. The number of rotatable bonds is 5. The van der Waals surface area contributed by atoms with E-state index in [1.807, 2.05) is 63.2 Å². The second kappa shape index (κ2) is 11.1. The normalized spacial score (nSPS) is 14.4. The van der Waals surface area contributed by atoms with Crippen LogP contribution in [0.3, 0.4) is 0 Å². The molecule has 1 aliphatic rings. The standard InChI is InChI=1S/C30H31ClN4O4/c1-30(2,3)39-29(37)35-17-15-34(16-18-35)19-20-9-8-14-25-26(20)33-28(38-25)22-11-5-7-13-24(22)32-27(36)21-10-4-6-12-23(21)31/h4-14H,15-19H2,1-3H3,(H,32,36). The molecule has 5 rings (SSSR count). The summed E-state index contributed by atoms with van der Waals surface area (Å²) < 4.78 is 11.7. The topological polar surface area (TPSA) is 87.9 Å². The number of benzene rings is 3. The third kappa shape index (κ3) is 6.24. The molecule has 0 aliphatic carbocycles. The van der Waals surface area contributed by atoms with Crippen molar-refractivity contribution in [1.82, 2.24) is 14.8 Å². The number of hydrogen-bond acceptors (Lipinski definition) is 6. The predicted octanol–water partition coefficient (Wildman–Crippen LogP) is 6.45. The SMILES string of the molecule is CC(C)(C)OC(=O)N1CCN(Cc2cccc3oc(-c4ccccc4NC(=O)c4ccccc4Cl)nc23)CC1. The summed E-state index contributed by atoms with van der Waals surface area (Å²) in [5, 5.41) is 3.32. The van der Waals surface area contributed by atoms with E-state index in [4.69, 9.17) is 25.7 Å². The molecule has 8 nitrogen and oxygen atoms in total. The van der Waals surface area contributed by atoms with Crippen LogP contribution in [0.15, 0.2) is 71.1 Å². The van der Waals surface area contributed by atoms with Gasteiger partial charge < -0.3 is 19.4 Å². The second-order valence-electron chi connectivity index (χ2n) is 10.5. The number of hydrogen-bond donors (Lipinski definition) is 1. The van der Waals surface area contributed by atoms with Crippen molar-refractivity contribution in [3.05, 3.63) is 82.9 Å². The molecule has 0 bridgehead atoms. The lowest BCUT2D eigenvalue weighted by atomic mass is 10.1. The molecule has 2 heterocycles. The molecule has 4 aromatic rings. The zero-order valence-corrected chi connectivity index (χ0v) is 23.0. The first kappa shape index (κ1) is 26.7. The van der Waals surface area contributed by atoms with E-state index in [1.54, 1.807) is 29.2 Å². The van der Waals surface area contributed by atoms with Gasteiger partial charge in [-0.05, 0) is 56.7 Å². The van der Waals surface area contributed by atoms with E-state index in [-0.39, 0.29) is 12.0 Å². The fraction of sp³-hybridized carbons (Fsp3) is 0.300. The molecule has 3 aromatic carbocycles. The van der Waals surface area contributed by atoms with Gasteiger partial charge in [0, 0.05) is 32.7 Å². The zero-order chi connectivity index (χ0) is 27.6. The first-order valence-corrected chi connectivity index (χ1v) is 13.3. The Hall–Kier alpha value is -3.88. The van der Waals surface area contributed by atoms with Gasteiger partial charge in [-0.2, -0.15) is 0 Å². The molecule has 0 spiro atoms. The Morgan fingerprint density at radius 2 is 1.69 bits per heavy atom. The van der Waals surface area contributed by atoms with Crippen LogP contribution in [0.4, 0.5) is 10.5 Å². The first-order chi connectivity index (χ1) is 18.7. The van der Waals surface area contributed by atoms with Crippen LogP contribution in [-0.4, -0.2) is 58.6 Å². The van der Waals surface area contributed by atoms with Gasteiger partial charge in [-0.3, -0.25) is 9.69 Å². The van der Waals surface area contributed by atoms with Crippen molar-refractivity contribution in [3.8, 4) is 11.5 Å². The highest BCUT2D eigenvalue weighted by Gasteiger charge is 2.26. The monoisotopic (exact) mass is 546 g/mol. The van der Waals surface area contributed by atoms with Crippen molar-refractivity contribution >= 4 is 40.4 Å². The zero-order valence-electron chi connectivity index (χ0n) is 22.2. The number of aromatic nitrogens is 1. The number of para-hydroxylation sites is 2. The van der Waals surface area contributed by atoms with E-state index in [2.05, 4.69) is 10.2 Å². The highest BCUT2D eigenvalue weighted by molar-refractivity contribution is 6.34. The number of carbonyl (C=O) groups excluding carboxylic acids is 2. The molecule has 0 radical (unpaired) electrons. The first-order valence-electron chi connectivity index (χ1n) is 12.9. The number of fused-ring (bicyclic) bond motifs is 1. The van der Waals surface area contributed by atoms with Crippen LogP contribution >= 0.6 is 11.6 Å². The van der Waals surface area contributed by atoms with Gasteiger partial charge in [-0.25, -0.2) is 9.78 Å². The smallest absolute Gasteiger partial charge is 0.410 e. The molecule has 9 heteroatoms. The molecule has 1 N–H and O–H groups in total. The van der Waals surface area contributed by atoms with Gasteiger partial charge in [0.05, 0.1) is 21.8 Å². The second-order valence-corrected chi connectivity index (χ2v) is 10.9. The number of carbonyl (C=O) groups is 2. The van der Waals surface area contributed by atoms with Crippen LogP contribution in [0.1, 0.15) is 36.7 Å². The van der Waals surface area contributed by atoms with E-state index in [9.17, 15) is 9.59 Å². The summed E-state index contributed by atoms with van der Waals surface area (Å²) in [6.07, 6.45) is -0.273. The summed E-state index contributed by atoms with van der Waals surface area (Å²) in [5.74, 6) is 0.109. The number of anilines is 1. The summed E-state index contributed by atoms with van der Waals surface area (Å²) in [5.41, 5.74) is 3.60. The van der Waals surface area contributed by atoms with Gasteiger partial charge >= 0.3 is 6.09 Å². The quantitative estimate of drug-likeness (QED) is 0.309. The molecular formula is C30H31ClN4O4. The summed E-state index contributed by atoms with van der Waals surface area (Å²) >= 11 is 6.22. The Bertz CT molecular complexity index is 1500. The molecule has 0 unspecified atom stereocenters. The average molecular weight is 547 g/mol. The Kier molecular flexibility index (Phi) is 7.59. The predicted molar refractivity (Wildman–Crippen MR) is 152 cm³/mol. The van der Waals surface area contributed by atoms with Gasteiger partial charge in [0.25, 0.3) is 5.91 Å². The van der Waals surface area contributed by atoms with Crippen molar-refractivity contribution in [1.29, 1.82) is 0 Å². The van der Waals surface area contributed by atoms with Gasteiger partial charge in [0.1, 0.15) is 11.1 Å². The van der Waals surface area contributed by atoms with E-state index < -0.39 is 5.60 Å². The minimum absolute atomic E-state index is 0.273. The molecule has 39 heavy (non-hydrogen) atoms. The van der Waals surface area contributed by atoms with Crippen molar-refractivity contribution in [2.24, 2.45) is 0 Å². The minimum atomic E-state index is -0.509. The molecule has 1 aliphatic heterocycles. The van der Waals surface area contributed by atoms with E-state index >= 15 is 0 Å². The van der Waals surface area contributed by atoms with Crippen LogP contribution in [0.5, 0.6) is 0 Å². The Labute approximate surface area is 232 Å². The Balaban J connectivity index is 1.32. The number of piperazine rings is 1. The number of amides is 2. The average Bonchev–Trinajstić information content (AvgIpc) is 3.34. The van der Waals surface area contributed by atoms with Crippen LogP contribution < -0.4 is 5.32 Å². The molecule has 2 amide bonds. The van der Waals surface area contributed by atoms with E-state index in [0.29, 0.717) is 52.9 Å². The van der Waals surface area contributed by atoms with Crippen LogP contribution in [0, 0.1) is 0 Å². The summed E-state index contributed by atoms with van der Waals surface area (Å²) in [6, 6.07) is 20.2. The van der Waals surface area contributed by atoms with E-state index in [1.165, 1.54) is 0 Å². The Morgan fingerprint density at radius 3 is 2.44 bits per heavy atom. The summed E-state index contributed by atoms with van der Waals surface area (Å²) in [6.45, 7) is 8.98. The third-order valence-corrected chi connectivity index (χ3v) is 6.77. The number of halogens is 1. The van der Waals surface area contributed by atoms with Crippen molar-refractivity contribution in [2.45, 2.75) is 32.9 Å². The Morgan fingerprint density at radius 1 is 0.974 bits per heavy atom. The van der Waals surface area contributed by atoms with Crippen LogP contribution in [0.2, 0.25) is 5.02 Å². The van der Waals surface area contributed by atoms with Gasteiger partial charge in [-0.15, -0.1) is 0 Å². The molecule has 1 saturated heterocycles. The number of oxazole rings is 1. The molecule has 202 valence electrons. The fourth-order valence-electron chi connectivity index (χ4n) is 4.52. The summed E-state index contributed by atoms with van der Waals surface area (Å²) in [7, 11) is 0. The number of nitrogens with zero attached hydrogens (tertiary/aromatic N) is 3. The van der Waals surface area contributed by atoms with Gasteiger partial charge in [0.15, 0.2) is 5.58 Å². The highest BCUT2D eigenvalue weighted by atomic mass is 35.5. The molecule has 1 fully saturated rings. The number of nitrogens with one attached hydrogen (secondary N) is 1. The largest absolute Gasteiger partial charge is 0.444 e. The lowest BCUT2D eigenvalue weighted by Gasteiger charge is -2.35. The van der Waals surface area contributed by atoms with Crippen molar-refractivity contribution < 1.29 is 18.7 Å².